The Balaban J connectivity index is 1.82. The average Bonchev–Trinajstić information content (AvgIpc) is 3.20. The van der Waals surface area contributed by atoms with Crippen LogP contribution < -0.4 is 4.74 Å². The van der Waals surface area contributed by atoms with Gasteiger partial charge in [-0.05, 0) is 37.5 Å². The molecule has 1 aliphatic heterocycles. The van der Waals surface area contributed by atoms with Crippen LogP contribution >= 0.6 is 0 Å². The van der Waals surface area contributed by atoms with Gasteiger partial charge in [0.1, 0.15) is 5.75 Å². The van der Waals surface area contributed by atoms with E-state index in [4.69, 9.17) is 9.47 Å². The summed E-state index contributed by atoms with van der Waals surface area (Å²) in [5.74, 6) is -0.425. The molecular formula is C26H31NO6S. The first kappa shape index (κ1) is 25.5. The fourth-order valence-electron chi connectivity index (χ4n) is 4.10. The van der Waals surface area contributed by atoms with Crippen LogP contribution in [0, 0.1) is 0 Å². The molecule has 0 saturated carbocycles. The summed E-state index contributed by atoms with van der Waals surface area (Å²) < 4.78 is 34.8. The maximum absolute atomic E-state index is 13.1. The fraction of sp³-hybridized carbons (Fsp3) is 0.385. The van der Waals surface area contributed by atoms with E-state index in [9.17, 15) is 18.0 Å². The molecular weight excluding hydrogens is 454 g/mol. The maximum atomic E-state index is 13.1. The maximum Gasteiger partial charge on any atom is 0.339 e. The molecule has 1 aliphatic rings. The highest BCUT2D eigenvalue weighted by atomic mass is 32.2. The molecule has 0 bridgehead atoms. The van der Waals surface area contributed by atoms with E-state index in [1.807, 2.05) is 50.2 Å². The first-order valence-corrected chi connectivity index (χ1v) is 13.2. The quantitative estimate of drug-likeness (QED) is 0.306. The Morgan fingerprint density at radius 2 is 1.79 bits per heavy atom. The predicted molar refractivity (Wildman–Crippen MR) is 132 cm³/mol. The highest BCUT2D eigenvalue weighted by molar-refractivity contribution is 7.91. The molecule has 0 aromatic heterocycles. The molecule has 0 aliphatic carbocycles. The molecule has 1 saturated heterocycles. The van der Waals surface area contributed by atoms with Gasteiger partial charge in [0, 0.05) is 17.6 Å². The predicted octanol–water partition coefficient (Wildman–Crippen LogP) is 3.59. The number of methoxy groups -OCH3 is 1. The van der Waals surface area contributed by atoms with Crippen LogP contribution in [0.25, 0.3) is 11.6 Å². The van der Waals surface area contributed by atoms with Crippen LogP contribution in [0.2, 0.25) is 0 Å². The fourth-order valence-corrected chi connectivity index (χ4v) is 5.81. The van der Waals surface area contributed by atoms with E-state index in [0.29, 0.717) is 29.7 Å². The molecule has 7 nitrogen and oxygen atoms in total. The zero-order chi connectivity index (χ0) is 24.7. The van der Waals surface area contributed by atoms with Crippen LogP contribution in [0.15, 0.2) is 54.6 Å². The lowest BCUT2D eigenvalue weighted by Crippen LogP contribution is -2.48. The van der Waals surface area contributed by atoms with Crippen LogP contribution in [0.5, 0.6) is 5.75 Å². The first-order valence-electron chi connectivity index (χ1n) is 11.3. The highest BCUT2D eigenvalue weighted by Gasteiger charge is 2.36. The molecule has 1 heterocycles. The smallest absolute Gasteiger partial charge is 0.339 e. The minimum atomic E-state index is -3.16. The number of esters is 1. The molecule has 0 N–H and O–H groups in total. The standard InChI is InChI=1S/C26H31NO6S/c1-4-19(2)27(22-14-15-34(30,31)18-22)25(28)17-33-26(29)23(20-10-6-5-7-11-20)16-21-12-8-9-13-24(21)32-3/h5-13,16,19,22H,4,14-15,17-18H2,1-3H3/b23-16+. The third-order valence-corrected chi connectivity index (χ3v) is 7.78. The topological polar surface area (TPSA) is 90.0 Å². The minimum absolute atomic E-state index is 0.0556. The molecule has 34 heavy (non-hydrogen) atoms. The second-order valence-electron chi connectivity index (χ2n) is 8.36. The summed E-state index contributed by atoms with van der Waals surface area (Å²) in [6.45, 7) is 3.35. The van der Waals surface area contributed by atoms with Gasteiger partial charge in [0.25, 0.3) is 5.91 Å². The number of sulfone groups is 1. The van der Waals surface area contributed by atoms with Gasteiger partial charge in [0.15, 0.2) is 16.4 Å². The molecule has 2 aromatic rings. The Hall–Kier alpha value is -3.13. The monoisotopic (exact) mass is 485 g/mol. The van der Waals surface area contributed by atoms with Gasteiger partial charge in [-0.15, -0.1) is 0 Å². The number of hydrogen-bond donors (Lipinski definition) is 0. The molecule has 2 atom stereocenters. The van der Waals surface area contributed by atoms with Gasteiger partial charge >= 0.3 is 5.97 Å². The molecule has 8 heteroatoms. The van der Waals surface area contributed by atoms with Gasteiger partial charge in [0.05, 0.1) is 24.2 Å². The summed E-state index contributed by atoms with van der Waals surface area (Å²) in [5, 5.41) is 0. The number of carbonyl (C=O) groups excluding carboxylic acids is 2. The molecule has 2 unspecified atom stereocenters. The number of rotatable bonds is 9. The molecule has 2 aromatic carbocycles. The number of amides is 1. The Labute approximate surface area is 201 Å². The zero-order valence-corrected chi connectivity index (χ0v) is 20.6. The summed E-state index contributed by atoms with van der Waals surface area (Å²) in [4.78, 5) is 27.8. The molecule has 182 valence electrons. The van der Waals surface area contributed by atoms with Crippen molar-refractivity contribution in [1.82, 2.24) is 4.90 Å². The molecule has 3 rings (SSSR count). The van der Waals surface area contributed by atoms with Crippen molar-refractivity contribution in [3.05, 3.63) is 65.7 Å². The average molecular weight is 486 g/mol. The largest absolute Gasteiger partial charge is 0.496 e. The Morgan fingerprint density at radius 1 is 1.12 bits per heavy atom. The van der Waals surface area contributed by atoms with Crippen molar-refractivity contribution in [3.8, 4) is 5.75 Å². The highest BCUT2D eigenvalue weighted by Crippen LogP contribution is 2.26. The van der Waals surface area contributed by atoms with Crippen LogP contribution in [-0.2, 0) is 24.2 Å². The van der Waals surface area contributed by atoms with Gasteiger partial charge in [-0.1, -0.05) is 55.5 Å². The van der Waals surface area contributed by atoms with Crippen molar-refractivity contribution in [2.24, 2.45) is 0 Å². The van der Waals surface area contributed by atoms with Crippen LogP contribution in [0.4, 0.5) is 0 Å². The number of carbonyl (C=O) groups is 2. The Morgan fingerprint density at radius 3 is 2.41 bits per heavy atom. The lowest BCUT2D eigenvalue weighted by Gasteiger charge is -2.33. The van der Waals surface area contributed by atoms with E-state index in [1.165, 1.54) is 0 Å². The van der Waals surface area contributed by atoms with Gasteiger partial charge in [-0.3, -0.25) is 4.79 Å². The van der Waals surface area contributed by atoms with Gasteiger partial charge < -0.3 is 14.4 Å². The molecule has 0 spiro atoms. The van der Waals surface area contributed by atoms with Crippen LogP contribution in [0.3, 0.4) is 0 Å². The van der Waals surface area contributed by atoms with Crippen LogP contribution in [0.1, 0.15) is 37.8 Å². The SMILES string of the molecule is CCC(C)N(C(=O)COC(=O)/C(=C/c1ccccc1OC)c1ccccc1)C1CCS(=O)(=O)C1. The minimum Gasteiger partial charge on any atom is -0.496 e. The van der Waals surface area contributed by atoms with Crippen molar-refractivity contribution in [2.45, 2.75) is 38.8 Å². The summed E-state index contributed by atoms with van der Waals surface area (Å²) >= 11 is 0. The van der Waals surface area contributed by atoms with E-state index < -0.39 is 34.4 Å². The van der Waals surface area contributed by atoms with E-state index >= 15 is 0 Å². The summed E-state index contributed by atoms with van der Waals surface area (Å²) in [6, 6.07) is 15.8. The third-order valence-electron chi connectivity index (χ3n) is 6.03. The summed E-state index contributed by atoms with van der Waals surface area (Å²) in [7, 11) is -1.61. The van der Waals surface area contributed by atoms with Crippen molar-refractivity contribution < 1.29 is 27.5 Å². The van der Waals surface area contributed by atoms with Gasteiger partial charge in [-0.25, -0.2) is 13.2 Å². The molecule has 1 fully saturated rings. The lowest BCUT2D eigenvalue weighted by molar-refractivity contribution is -0.149. The van der Waals surface area contributed by atoms with E-state index in [-0.39, 0.29) is 23.1 Å². The lowest BCUT2D eigenvalue weighted by atomic mass is 10.0. The van der Waals surface area contributed by atoms with Crippen molar-refractivity contribution in [2.75, 3.05) is 25.2 Å². The third kappa shape index (κ3) is 6.26. The number of para-hydroxylation sites is 1. The van der Waals surface area contributed by atoms with Crippen LogP contribution in [-0.4, -0.2) is 62.5 Å². The molecule has 0 radical (unpaired) electrons. The number of benzene rings is 2. The van der Waals surface area contributed by atoms with E-state index in [0.717, 1.165) is 0 Å². The molecule has 1 amide bonds. The number of hydrogen-bond acceptors (Lipinski definition) is 6. The van der Waals surface area contributed by atoms with Gasteiger partial charge in [-0.2, -0.15) is 0 Å². The van der Waals surface area contributed by atoms with E-state index in [1.54, 1.807) is 36.3 Å². The Kier molecular flexibility index (Phi) is 8.50. The second kappa shape index (κ2) is 11.3. The number of nitrogens with zero attached hydrogens (tertiary/aromatic N) is 1. The van der Waals surface area contributed by atoms with Crippen molar-refractivity contribution in [3.63, 3.8) is 0 Å². The number of ether oxygens (including phenoxy) is 2. The first-order chi connectivity index (χ1) is 16.3. The van der Waals surface area contributed by atoms with Crippen molar-refractivity contribution >= 4 is 33.4 Å². The van der Waals surface area contributed by atoms with E-state index in [2.05, 4.69) is 0 Å². The van der Waals surface area contributed by atoms with Crippen molar-refractivity contribution in [1.29, 1.82) is 0 Å². The second-order valence-corrected chi connectivity index (χ2v) is 10.6. The van der Waals surface area contributed by atoms with Gasteiger partial charge in [0.2, 0.25) is 0 Å². The summed E-state index contributed by atoms with van der Waals surface area (Å²) in [5.41, 5.74) is 1.63. The summed E-state index contributed by atoms with van der Waals surface area (Å²) in [6.07, 6.45) is 2.74. The normalized spacial score (nSPS) is 18.2. The Bertz CT molecular complexity index is 1140. The zero-order valence-electron chi connectivity index (χ0n) is 19.8.